The molecule has 0 bridgehead atoms. The second-order valence-electron chi connectivity index (χ2n) is 3.68. The Kier molecular flexibility index (Phi) is 4.54. The Morgan fingerprint density at radius 3 is 2.61 bits per heavy atom. The van der Waals surface area contributed by atoms with E-state index in [4.69, 9.17) is 22.1 Å². The first-order valence-corrected chi connectivity index (χ1v) is 7.15. The van der Waals surface area contributed by atoms with Crippen molar-refractivity contribution in [1.29, 1.82) is 0 Å². The number of hydrogen-bond acceptors (Lipinski definition) is 2. The van der Waals surface area contributed by atoms with Crippen LogP contribution < -0.4 is 10.5 Å². The standard InChI is InChI=1S/C13H10Br2ClNO/c14-9-5-4-8(11(16)6-9)7-18-13-10(15)2-1-3-12(13)17/h1-6H,7,17H2. The van der Waals surface area contributed by atoms with E-state index in [1.54, 1.807) is 6.07 Å². The predicted octanol–water partition coefficient (Wildman–Crippen LogP) is 5.03. The molecule has 0 fully saturated rings. The molecule has 0 aliphatic heterocycles. The Hall–Kier alpha value is -0.710. The number of hydrogen-bond donors (Lipinski definition) is 1. The second-order valence-corrected chi connectivity index (χ2v) is 5.86. The fourth-order valence-electron chi connectivity index (χ4n) is 1.47. The van der Waals surface area contributed by atoms with Crippen LogP contribution in [0.1, 0.15) is 5.56 Å². The SMILES string of the molecule is Nc1cccc(Br)c1OCc1ccc(Br)cc1Cl. The average Bonchev–Trinajstić information content (AvgIpc) is 2.31. The van der Waals surface area contributed by atoms with Gasteiger partial charge in [0, 0.05) is 15.1 Å². The average molecular weight is 391 g/mol. The number of anilines is 1. The van der Waals surface area contributed by atoms with E-state index < -0.39 is 0 Å². The van der Waals surface area contributed by atoms with E-state index in [9.17, 15) is 0 Å². The molecular formula is C13H10Br2ClNO. The Bertz CT molecular complexity index is 555. The van der Waals surface area contributed by atoms with Gasteiger partial charge in [-0.2, -0.15) is 0 Å². The van der Waals surface area contributed by atoms with Gasteiger partial charge in [0.2, 0.25) is 0 Å². The van der Waals surface area contributed by atoms with Crippen molar-refractivity contribution in [2.24, 2.45) is 0 Å². The fourth-order valence-corrected chi connectivity index (χ4v) is 2.69. The summed E-state index contributed by atoms with van der Waals surface area (Å²) in [6, 6.07) is 11.2. The Balaban J connectivity index is 2.16. The summed E-state index contributed by atoms with van der Waals surface area (Å²) in [5, 5.41) is 0.662. The molecule has 0 unspecified atom stereocenters. The summed E-state index contributed by atoms with van der Waals surface area (Å²) in [6.45, 7) is 0.374. The van der Waals surface area contributed by atoms with Crippen LogP contribution in [0.25, 0.3) is 0 Å². The van der Waals surface area contributed by atoms with E-state index in [1.807, 2.05) is 30.3 Å². The Labute approximate surface area is 127 Å². The lowest BCUT2D eigenvalue weighted by atomic mass is 10.2. The van der Waals surface area contributed by atoms with Crippen molar-refractivity contribution in [3.8, 4) is 5.75 Å². The van der Waals surface area contributed by atoms with Crippen LogP contribution in [-0.2, 0) is 6.61 Å². The van der Waals surface area contributed by atoms with Crippen LogP contribution in [0.3, 0.4) is 0 Å². The molecule has 0 heterocycles. The van der Waals surface area contributed by atoms with Crippen LogP contribution in [0.4, 0.5) is 5.69 Å². The quantitative estimate of drug-likeness (QED) is 0.745. The van der Waals surface area contributed by atoms with E-state index in [2.05, 4.69) is 31.9 Å². The highest BCUT2D eigenvalue weighted by Crippen LogP contribution is 2.32. The molecule has 0 radical (unpaired) electrons. The molecule has 0 amide bonds. The molecule has 0 atom stereocenters. The molecule has 0 aromatic heterocycles. The van der Waals surface area contributed by atoms with E-state index in [0.29, 0.717) is 23.1 Å². The smallest absolute Gasteiger partial charge is 0.156 e. The minimum absolute atomic E-state index is 0.374. The van der Waals surface area contributed by atoms with Gasteiger partial charge in [-0.05, 0) is 40.2 Å². The highest BCUT2D eigenvalue weighted by Gasteiger charge is 2.07. The lowest BCUT2D eigenvalue weighted by Crippen LogP contribution is -2.00. The Morgan fingerprint density at radius 1 is 1.17 bits per heavy atom. The molecule has 0 spiro atoms. The summed E-state index contributed by atoms with van der Waals surface area (Å²) in [4.78, 5) is 0. The van der Waals surface area contributed by atoms with Gasteiger partial charge in [-0.15, -0.1) is 0 Å². The van der Waals surface area contributed by atoms with Crippen LogP contribution in [-0.4, -0.2) is 0 Å². The molecule has 5 heteroatoms. The number of nitrogens with two attached hydrogens (primary N) is 1. The van der Waals surface area contributed by atoms with Gasteiger partial charge in [0.15, 0.2) is 5.75 Å². The minimum atomic E-state index is 0.374. The molecular weight excluding hydrogens is 381 g/mol. The summed E-state index contributed by atoms with van der Waals surface area (Å²) in [6.07, 6.45) is 0. The molecule has 0 aliphatic carbocycles. The van der Waals surface area contributed by atoms with Crippen molar-refractivity contribution < 1.29 is 4.74 Å². The molecule has 0 saturated carbocycles. The molecule has 2 nitrogen and oxygen atoms in total. The van der Waals surface area contributed by atoms with Gasteiger partial charge < -0.3 is 10.5 Å². The van der Waals surface area contributed by atoms with Crippen molar-refractivity contribution >= 4 is 49.1 Å². The van der Waals surface area contributed by atoms with E-state index >= 15 is 0 Å². The van der Waals surface area contributed by atoms with E-state index in [-0.39, 0.29) is 0 Å². The molecule has 2 aromatic carbocycles. The van der Waals surface area contributed by atoms with Gasteiger partial charge in [-0.3, -0.25) is 0 Å². The first-order chi connectivity index (χ1) is 8.58. The summed E-state index contributed by atoms with van der Waals surface area (Å²) in [7, 11) is 0. The number of ether oxygens (including phenoxy) is 1. The van der Waals surface area contributed by atoms with Crippen molar-refractivity contribution in [2.75, 3.05) is 5.73 Å². The summed E-state index contributed by atoms with van der Waals surface area (Å²) < 4.78 is 7.47. The van der Waals surface area contributed by atoms with Gasteiger partial charge in [-0.1, -0.05) is 39.7 Å². The molecule has 2 aromatic rings. The van der Waals surface area contributed by atoms with Crippen molar-refractivity contribution in [2.45, 2.75) is 6.61 Å². The monoisotopic (exact) mass is 389 g/mol. The highest BCUT2D eigenvalue weighted by atomic mass is 79.9. The van der Waals surface area contributed by atoms with Crippen LogP contribution >= 0.6 is 43.5 Å². The van der Waals surface area contributed by atoms with Crippen molar-refractivity contribution in [1.82, 2.24) is 0 Å². The maximum atomic E-state index is 6.12. The number of halogens is 3. The number of nitrogen functional groups attached to an aromatic ring is 1. The summed E-state index contributed by atoms with van der Waals surface area (Å²) >= 11 is 12.9. The zero-order valence-electron chi connectivity index (χ0n) is 9.29. The van der Waals surface area contributed by atoms with Crippen LogP contribution in [0, 0.1) is 0 Å². The lowest BCUT2D eigenvalue weighted by Gasteiger charge is -2.11. The fraction of sp³-hybridized carbons (Fsp3) is 0.0769. The van der Waals surface area contributed by atoms with Gasteiger partial charge >= 0.3 is 0 Å². The lowest BCUT2D eigenvalue weighted by molar-refractivity contribution is 0.306. The zero-order chi connectivity index (χ0) is 13.1. The van der Waals surface area contributed by atoms with Crippen molar-refractivity contribution in [3.05, 3.63) is 55.9 Å². The topological polar surface area (TPSA) is 35.2 Å². The first kappa shape index (κ1) is 13.7. The van der Waals surface area contributed by atoms with E-state index in [1.165, 1.54) is 0 Å². The number of para-hydroxylation sites is 1. The number of rotatable bonds is 3. The third-order valence-corrected chi connectivity index (χ3v) is 3.85. The van der Waals surface area contributed by atoms with Gasteiger partial charge in [0.25, 0.3) is 0 Å². The van der Waals surface area contributed by atoms with Gasteiger partial charge in [-0.25, -0.2) is 0 Å². The molecule has 2 rings (SSSR count). The molecule has 94 valence electrons. The highest BCUT2D eigenvalue weighted by molar-refractivity contribution is 9.10. The predicted molar refractivity (Wildman–Crippen MR) is 82.0 cm³/mol. The largest absolute Gasteiger partial charge is 0.485 e. The maximum absolute atomic E-state index is 6.12. The minimum Gasteiger partial charge on any atom is -0.485 e. The molecule has 0 saturated heterocycles. The summed E-state index contributed by atoms with van der Waals surface area (Å²) in [5.41, 5.74) is 7.36. The van der Waals surface area contributed by atoms with Crippen LogP contribution in [0.2, 0.25) is 5.02 Å². The van der Waals surface area contributed by atoms with Crippen LogP contribution in [0.5, 0.6) is 5.75 Å². The molecule has 0 aliphatic rings. The maximum Gasteiger partial charge on any atom is 0.156 e. The van der Waals surface area contributed by atoms with Gasteiger partial charge in [0.1, 0.15) is 6.61 Å². The zero-order valence-corrected chi connectivity index (χ0v) is 13.2. The molecule has 2 N–H and O–H groups in total. The van der Waals surface area contributed by atoms with Gasteiger partial charge in [0.05, 0.1) is 10.2 Å². The third-order valence-electron chi connectivity index (χ3n) is 2.38. The van der Waals surface area contributed by atoms with E-state index in [0.717, 1.165) is 14.5 Å². The molecule has 18 heavy (non-hydrogen) atoms. The van der Waals surface area contributed by atoms with Crippen molar-refractivity contribution in [3.63, 3.8) is 0 Å². The summed E-state index contributed by atoms with van der Waals surface area (Å²) in [5.74, 6) is 0.636. The third kappa shape index (κ3) is 3.19. The number of benzene rings is 2. The first-order valence-electron chi connectivity index (χ1n) is 5.18. The Morgan fingerprint density at radius 2 is 1.94 bits per heavy atom. The normalized spacial score (nSPS) is 10.4. The van der Waals surface area contributed by atoms with Crippen LogP contribution in [0.15, 0.2) is 45.3 Å². The second kappa shape index (κ2) is 5.95.